The number of nitrogens with one attached hydrogen (secondary N) is 1. The molecular formula is C54H109N2O7P. The molecule has 0 aromatic rings. The third-order valence-electron chi connectivity index (χ3n) is 12.9. The molecule has 0 bridgehead atoms. The first-order valence-electron chi connectivity index (χ1n) is 27.9. The van der Waals surface area contributed by atoms with E-state index < -0.39 is 32.0 Å². The number of phosphoric ester groups is 1. The van der Waals surface area contributed by atoms with E-state index in [2.05, 4.69) is 31.3 Å². The van der Waals surface area contributed by atoms with E-state index in [1.807, 2.05) is 0 Å². The van der Waals surface area contributed by atoms with Gasteiger partial charge in [-0.3, -0.25) is 13.8 Å². The van der Waals surface area contributed by atoms with Gasteiger partial charge in [-0.25, -0.2) is 4.57 Å². The molecule has 0 radical (unpaired) electrons. The monoisotopic (exact) mass is 929 g/mol. The molecule has 0 heterocycles. The van der Waals surface area contributed by atoms with Crippen molar-refractivity contribution in [2.45, 2.75) is 308 Å². The van der Waals surface area contributed by atoms with Crippen molar-refractivity contribution in [1.29, 1.82) is 0 Å². The molecule has 0 aliphatic carbocycles. The van der Waals surface area contributed by atoms with Gasteiger partial charge in [0.1, 0.15) is 0 Å². The van der Waals surface area contributed by atoms with Crippen LogP contribution in [0.1, 0.15) is 290 Å². The molecular weight excluding hydrogens is 820 g/mol. The van der Waals surface area contributed by atoms with E-state index in [4.69, 9.17) is 14.8 Å². The third-order valence-corrected chi connectivity index (χ3v) is 13.9. The van der Waals surface area contributed by atoms with Crippen molar-refractivity contribution in [2.24, 2.45) is 5.73 Å². The number of aliphatic hydroxyl groups is 2. The molecule has 0 aliphatic heterocycles. The van der Waals surface area contributed by atoms with Crippen LogP contribution in [0.25, 0.3) is 0 Å². The Morgan fingerprint density at radius 1 is 0.516 bits per heavy atom. The predicted octanol–water partition coefficient (Wildman–Crippen LogP) is 15.7. The zero-order valence-electron chi connectivity index (χ0n) is 42.4. The average Bonchev–Trinajstić information content (AvgIpc) is 3.28. The summed E-state index contributed by atoms with van der Waals surface area (Å²) in [5.41, 5.74) is 5.40. The molecule has 1 amide bonds. The van der Waals surface area contributed by atoms with Crippen LogP contribution in [-0.2, 0) is 18.4 Å². The molecule has 4 unspecified atom stereocenters. The highest BCUT2D eigenvalue weighted by Gasteiger charge is 2.28. The first-order chi connectivity index (χ1) is 31.3. The number of rotatable bonds is 53. The van der Waals surface area contributed by atoms with Crippen molar-refractivity contribution in [2.75, 3.05) is 19.8 Å². The van der Waals surface area contributed by atoms with Crippen molar-refractivity contribution in [1.82, 2.24) is 5.32 Å². The van der Waals surface area contributed by atoms with E-state index in [1.165, 1.54) is 212 Å². The Morgan fingerprint density at radius 3 is 1.20 bits per heavy atom. The molecule has 4 atom stereocenters. The van der Waals surface area contributed by atoms with E-state index in [1.54, 1.807) is 0 Å². The van der Waals surface area contributed by atoms with Crippen molar-refractivity contribution < 1.29 is 33.5 Å². The molecule has 9 nitrogen and oxygen atoms in total. The maximum atomic E-state index is 12.9. The Morgan fingerprint density at radius 2 is 0.844 bits per heavy atom. The number of aliphatic hydroxyl groups excluding tert-OH is 2. The summed E-state index contributed by atoms with van der Waals surface area (Å²) in [6.07, 6.45) is 55.6. The minimum absolute atomic E-state index is 0.0605. The lowest BCUT2D eigenvalue weighted by molar-refractivity contribution is -0.125. The summed E-state index contributed by atoms with van der Waals surface area (Å²) in [6.45, 7) is 4.10. The zero-order chi connectivity index (χ0) is 46.9. The fourth-order valence-electron chi connectivity index (χ4n) is 8.71. The Hall–Kier alpha value is -0.800. The standard InChI is InChI=1S/C54H109N2O7P/c1-3-5-7-9-11-13-15-17-19-21-23-25-27-29-31-33-35-37-39-41-43-45-51(57)49-54(59)56-52(50-63-64(60,61)62-48-47-55)53(58)46-44-42-40-38-36-34-32-30-28-26-24-22-20-18-16-14-12-10-8-6-4-2/h29,31,51-53,57-58H,3-28,30,32-50,55H2,1-2H3,(H,56,59)(H,60,61)/b31-29-. The molecule has 0 fully saturated rings. The average molecular weight is 929 g/mol. The number of nitrogens with two attached hydrogens (primary N) is 1. The lowest BCUT2D eigenvalue weighted by Gasteiger charge is -2.25. The molecule has 0 saturated heterocycles. The fourth-order valence-corrected chi connectivity index (χ4v) is 9.47. The SMILES string of the molecule is CCCCCCCCCCCCCC/C=C\CCCCCCCC(O)CC(=O)NC(COP(=O)(O)OCCN)C(O)CCCCCCCCCCCCCCCCCCCCCCC. The second kappa shape index (κ2) is 50.1. The van der Waals surface area contributed by atoms with E-state index in [9.17, 15) is 24.5 Å². The molecule has 0 saturated carbocycles. The lowest BCUT2D eigenvalue weighted by atomic mass is 10.0. The number of hydrogen-bond donors (Lipinski definition) is 5. The first-order valence-corrected chi connectivity index (χ1v) is 29.4. The second-order valence-electron chi connectivity index (χ2n) is 19.3. The molecule has 0 rings (SSSR count). The van der Waals surface area contributed by atoms with Crippen molar-refractivity contribution in [3.63, 3.8) is 0 Å². The van der Waals surface area contributed by atoms with Gasteiger partial charge in [0.05, 0.1) is 37.9 Å². The molecule has 10 heteroatoms. The Labute approximate surface area is 397 Å². The number of hydrogen-bond acceptors (Lipinski definition) is 7. The Kier molecular flexibility index (Phi) is 49.5. The summed E-state index contributed by atoms with van der Waals surface area (Å²) in [6, 6.07) is -0.898. The van der Waals surface area contributed by atoms with Crippen LogP contribution in [0.5, 0.6) is 0 Å². The van der Waals surface area contributed by atoms with Crippen molar-refractivity contribution in [3.8, 4) is 0 Å². The first kappa shape index (κ1) is 63.2. The van der Waals surface area contributed by atoms with E-state index >= 15 is 0 Å². The van der Waals surface area contributed by atoms with Gasteiger partial charge in [0.2, 0.25) is 5.91 Å². The minimum Gasteiger partial charge on any atom is -0.393 e. The minimum atomic E-state index is -4.38. The van der Waals surface area contributed by atoms with Crippen LogP contribution in [0.2, 0.25) is 0 Å². The number of unbranched alkanes of at least 4 members (excludes halogenated alkanes) is 37. The highest BCUT2D eigenvalue weighted by Crippen LogP contribution is 2.43. The van der Waals surface area contributed by atoms with Gasteiger partial charge in [-0.2, -0.15) is 0 Å². The van der Waals surface area contributed by atoms with Crippen LogP contribution >= 0.6 is 7.82 Å². The van der Waals surface area contributed by atoms with E-state index in [0.717, 1.165) is 44.9 Å². The van der Waals surface area contributed by atoms with Crippen molar-refractivity contribution in [3.05, 3.63) is 12.2 Å². The quantitative estimate of drug-likeness (QED) is 0.0230. The summed E-state index contributed by atoms with van der Waals surface area (Å²) in [4.78, 5) is 22.9. The second-order valence-corrected chi connectivity index (χ2v) is 20.8. The maximum absolute atomic E-state index is 12.9. The summed E-state index contributed by atoms with van der Waals surface area (Å²) in [5.74, 6) is -0.412. The van der Waals surface area contributed by atoms with Gasteiger partial charge < -0.3 is 26.2 Å². The van der Waals surface area contributed by atoms with Crippen LogP contribution in [0, 0.1) is 0 Å². The molecule has 0 aliphatic rings. The van der Waals surface area contributed by atoms with Crippen LogP contribution in [-0.4, -0.2) is 59.0 Å². The number of carbonyl (C=O) groups excluding carboxylic acids is 1. The topological polar surface area (TPSA) is 151 Å². The van der Waals surface area contributed by atoms with Crippen LogP contribution in [0.4, 0.5) is 0 Å². The van der Waals surface area contributed by atoms with Gasteiger partial charge >= 0.3 is 7.82 Å². The number of allylic oxidation sites excluding steroid dienone is 2. The summed E-state index contributed by atoms with van der Waals surface area (Å²) < 4.78 is 22.3. The van der Waals surface area contributed by atoms with Gasteiger partial charge in [-0.1, -0.05) is 257 Å². The van der Waals surface area contributed by atoms with E-state index in [-0.39, 0.29) is 26.2 Å². The van der Waals surface area contributed by atoms with Crippen LogP contribution < -0.4 is 11.1 Å². The largest absolute Gasteiger partial charge is 0.472 e. The van der Waals surface area contributed by atoms with Gasteiger partial charge in [-0.15, -0.1) is 0 Å². The van der Waals surface area contributed by atoms with Gasteiger partial charge in [0.15, 0.2) is 0 Å². The molecule has 6 N–H and O–H groups in total. The Bertz CT molecular complexity index is 1030. The summed E-state index contributed by atoms with van der Waals surface area (Å²) in [7, 11) is -4.38. The highest BCUT2D eigenvalue weighted by atomic mass is 31.2. The predicted molar refractivity (Wildman–Crippen MR) is 274 cm³/mol. The smallest absolute Gasteiger partial charge is 0.393 e. The normalized spacial score (nSPS) is 14.3. The molecule has 382 valence electrons. The highest BCUT2D eigenvalue weighted by molar-refractivity contribution is 7.47. The maximum Gasteiger partial charge on any atom is 0.472 e. The molecule has 0 aromatic heterocycles. The number of phosphoric acid groups is 1. The molecule has 0 aromatic carbocycles. The summed E-state index contributed by atoms with van der Waals surface area (Å²) in [5, 5.41) is 24.4. The van der Waals surface area contributed by atoms with Crippen molar-refractivity contribution >= 4 is 13.7 Å². The lowest BCUT2D eigenvalue weighted by Crippen LogP contribution is -2.47. The Balaban J connectivity index is 4.09. The van der Waals surface area contributed by atoms with Crippen LogP contribution in [0.3, 0.4) is 0 Å². The van der Waals surface area contributed by atoms with E-state index in [0.29, 0.717) is 12.8 Å². The van der Waals surface area contributed by atoms with Crippen LogP contribution in [0.15, 0.2) is 12.2 Å². The molecule has 0 spiro atoms. The zero-order valence-corrected chi connectivity index (χ0v) is 43.3. The number of amides is 1. The number of carbonyl (C=O) groups is 1. The summed E-state index contributed by atoms with van der Waals surface area (Å²) >= 11 is 0. The molecule has 64 heavy (non-hydrogen) atoms. The van der Waals surface area contributed by atoms with Gasteiger partial charge in [0.25, 0.3) is 0 Å². The third kappa shape index (κ3) is 47.7. The fraction of sp³-hybridized carbons (Fsp3) is 0.944. The van der Waals surface area contributed by atoms with Gasteiger partial charge in [-0.05, 0) is 38.5 Å². The van der Waals surface area contributed by atoms with Gasteiger partial charge in [0, 0.05) is 6.54 Å².